The minimum absolute atomic E-state index is 0.0146. The zero-order chi connectivity index (χ0) is 19.0. The summed E-state index contributed by atoms with van der Waals surface area (Å²) >= 11 is 5.94. The first-order chi connectivity index (χ1) is 11.4. The van der Waals surface area contributed by atoms with Crippen molar-refractivity contribution >= 4 is 23.3 Å². The van der Waals surface area contributed by atoms with Crippen LogP contribution in [-0.2, 0) is 11.0 Å². The van der Waals surface area contributed by atoms with E-state index in [1.165, 1.54) is 0 Å². The third kappa shape index (κ3) is 3.94. The fourth-order valence-electron chi connectivity index (χ4n) is 1.92. The van der Waals surface area contributed by atoms with E-state index in [1.54, 1.807) is 20.8 Å². The van der Waals surface area contributed by atoms with Gasteiger partial charge in [-0.05, 0) is 12.1 Å². The average molecular weight is 371 g/mol. The summed E-state index contributed by atoms with van der Waals surface area (Å²) in [6.07, 6.45) is -4.53. The van der Waals surface area contributed by atoms with E-state index in [1.807, 2.05) is 6.07 Å². The Kier molecular flexibility index (Phi) is 4.82. The maximum absolute atomic E-state index is 12.7. The lowest BCUT2D eigenvalue weighted by Crippen LogP contribution is -2.28. The van der Waals surface area contributed by atoms with Gasteiger partial charge in [-0.25, -0.2) is 0 Å². The molecular formula is C16H14ClF3N4O. The zero-order valence-corrected chi connectivity index (χ0v) is 14.3. The van der Waals surface area contributed by atoms with Gasteiger partial charge in [-0.3, -0.25) is 9.89 Å². The van der Waals surface area contributed by atoms with Gasteiger partial charge in [0.2, 0.25) is 5.91 Å². The number of anilines is 1. The van der Waals surface area contributed by atoms with Crippen LogP contribution in [0.15, 0.2) is 18.2 Å². The van der Waals surface area contributed by atoms with Gasteiger partial charge >= 0.3 is 6.18 Å². The van der Waals surface area contributed by atoms with Crippen LogP contribution in [0.3, 0.4) is 0 Å². The highest BCUT2D eigenvalue weighted by molar-refractivity contribution is 6.33. The van der Waals surface area contributed by atoms with Crippen molar-refractivity contribution in [2.45, 2.75) is 26.9 Å². The number of amides is 1. The van der Waals surface area contributed by atoms with E-state index < -0.39 is 17.2 Å². The van der Waals surface area contributed by atoms with Crippen LogP contribution in [0.25, 0.3) is 11.3 Å². The number of hydrogen-bond acceptors (Lipinski definition) is 3. The molecule has 2 N–H and O–H groups in total. The second kappa shape index (κ2) is 6.41. The number of halogens is 4. The summed E-state index contributed by atoms with van der Waals surface area (Å²) < 4.78 is 38.2. The summed E-state index contributed by atoms with van der Waals surface area (Å²) in [5, 5.41) is 18.1. The molecule has 0 bridgehead atoms. The molecule has 132 valence electrons. The molecule has 25 heavy (non-hydrogen) atoms. The summed E-state index contributed by atoms with van der Waals surface area (Å²) in [6.45, 7) is 5.08. The van der Waals surface area contributed by atoms with Crippen molar-refractivity contribution in [3.8, 4) is 17.3 Å². The van der Waals surface area contributed by atoms with Crippen molar-refractivity contribution in [3.05, 3.63) is 34.3 Å². The van der Waals surface area contributed by atoms with E-state index in [9.17, 15) is 23.2 Å². The molecule has 0 unspecified atom stereocenters. The van der Waals surface area contributed by atoms with Crippen molar-refractivity contribution in [1.82, 2.24) is 10.2 Å². The fourth-order valence-corrected chi connectivity index (χ4v) is 2.19. The fraction of sp³-hybridized carbons (Fsp3) is 0.312. The molecule has 0 saturated heterocycles. The number of alkyl halides is 3. The normalized spacial score (nSPS) is 11.9. The van der Waals surface area contributed by atoms with Gasteiger partial charge in [0, 0.05) is 11.0 Å². The summed E-state index contributed by atoms with van der Waals surface area (Å²) in [7, 11) is 0. The van der Waals surface area contributed by atoms with Crippen LogP contribution in [0.2, 0.25) is 5.02 Å². The van der Waals surface area contributed by atoms with Gasteiger partial charge in [-0.15, -0.1) is 0 Å². The standard InChI is InChI=1S/C16H14ClF3N4O/c1-15(2,3)14(25)22-13-10(7-21)12(23-24-13)9-5-4-8(6-11(9)17)16(18,19)20/h4-6H,1-3H3,(H2,22,23,24,25). The highest BCUT2D eigenvalue weighted by Crippen LogP contribution is 2.37. The van der Waals surface area contributed by atoms with Gasteiger partial charge in [0.15, 0.2) is 0 Å². The lowest BCUT2D eigenvalue weighted by atomic mass is 9.95. The average Bonchev–Trinajstić information content (AvgIpc) is 2.87. The number of H-pyrrole nitrogens is 1. The second-order valence-corrected chi connectivity index (χ2v) is 6.74. The number of nitriles is 1. The van der Waals surface area contributed by atoms with Crippen molar-refractivity contribution in [2.24, 2.45) is 5.41 Å². The molecule has 0 atom stereocenters. The van der Waals surface area contributed by atoms with Crippen LogP contribution in [0, 0.1) is 16.7 Å². The van der Waals surface area contributed by atoms with Crippen LogP contribution < -0.4 is 5.32 Å². The summed E-state index contributed by atoms with van der Waals surface area (Å²) in [4.78, 5) is 12.1. The smallest absolute Gasteiger partial charge is 0.309 e. The number of hydrogen-bond donors (Lipinski definition) is 2. The van der Waals surface area contributed by atoms with Crippen molar-refractivity contribution in [3.63, 3.8) is 0 Å². The number of aromatic amines is 1. The Morgan fingerprint density at radius 1 is 1.32 bits per heavy atom. The van der Waals surface area contributed by atoms with Gasteiger partial charge in [0.25, 0.3) is 0 Å². The van der Waals surface area contributed by atoms with Crippen LogP contribution >= 0.6 is 11.6 Å². The maximum atomic E-state index is 12.7. The van der Waals surface area contributed by atoms with Crippen LogP contribution in [0.4, 0.5) is 19.0 Å². The summed E-state index contributed by atoms with van der Waals surface area (Å²) in [5.41, 5.74) is -1.41. The maximum Gasteiger partial charge on any atom is 0.416 e. The molecule has 1 heterocycles. The van der Waals surface area contributed by atoms with Gasteiger partial charge in [-0.2, -0.15) is 23.5 Å². The Morgan fingerprint density at radius 2 is 1.96 bits per heavy atom. The Bertz CT molecular complexity index is 860. The molecule has 0 aliphatic heterocycles. The molecule has 0 fully saturated rings. The lowest BCUT2D eigenvalue weighted by molar-refractivity contribution is -0.137. The van der Waals surface area contributed by atoms with Gasteiger partial charge in [0.05, 0.1) is 10.6 Å². The number of carbonyl (C=O) groups excluding carboxylic acids is 1. The molecule has 5 nitrogen and oxygen atoms in total. The molecular weight excluding hydrogens is 357 g/mol. The number of rotatable bonds is 2. The molecule has 0 radical (unpaired) electrons. The molecule has 2 aromatic rings. The van der Waals surface area contributed by atoms with E-state index in [2.05, 4.69) is 15.5 Å². The number of carbonyl (C=O) groups is 1. The Balaban J connectivity index is 2.45. The highest BCUT2D eigenvalue weighted by Gasteiger charge is 2.31. The number of nitrogens with zero attached hydrogens (tertiary/aromatic N) is 2. The quantitative estimate of drug-likeness (QED) is 0.810. The predicted molar refractivity (Wildman–Crippen MR) is 86.8 cm³/mol. The SMILES string of the molecule is CC(C)(C)C(=O)Nc1[nH]nc(-c2ccc(C(F)(F)F)cc2Cl)c1C#N. The second-order valence-electron chi connectivity index (χ2n) is 6.33. The van der Waals surface area contributed by atoms with E-state index in [0.717, 1.165) is 18.2 Å². The molecule has 2 rings (SSSR count). The van der Waals surface area contributed by atoms with Gasteiger partial charge in [0.1, 0.15) is 23.1 Å². The number of aromatic nitrogens is 2. The molecule has 1 amide bonds. The van der Waals surface area contributed by atoms with E-state index in [4.69, 9.17) is 11.6 Å². The number of nitrogens with one attached hydrogen (secondary N) is 2. The first-order valence-electron chi connectivity index (χ1n) is 7.12. The van der Waals surface area contributed by atoms with Crippen LogP contribution in [-0.4, -0.2) is 16.1 Å². The van der Waals surface area contributed by atoms with Crippen molar-refractivity contribution in [1.29, 1.82) is 5.26 Å². The Labute approximate surface area is 146 Å². The summed E-state index contributed by atoms with van der Waals surface area (Å²) in [6, 6.07) is 4.63. The first kappa shape index (κ1) is 18.8. The molecule has 0 aliphatic rings. The Morgan fingerprint density at radius 3 is 2.44 bits per heavy atom. The molecule has 0 aliphatic carbocycles. The van der Waals surface area contributed by atoms with Crippen LogP contribution in [0.1, 0.15) is 31.9 Å². The molecule has 1 aromatic heterocycles. The van der Waals surface area contributed by atoms with E-state index >= 15 is 0 Å². The minimum Gasteiger partial charge on any atom is -0.309 e. The molecule has 0 saturated carbocycles. The largest absolute Gasteiger partial charge is 0.416 e. The van der Waals surface area contributed by atoms with E-state index in [0.29, 0.717) is 0 Å². The van der Waals surface area contributed by atoms with Crippen molar-refractivity contribution < 1.29 is 18.0 Å². The molecule has 0 spiro atoms. The topological polar surface area (TPSA) is 81.6 Å². The highest BCUT2D eigenvalue weighted by atomic mass is 35.5. The first-order valence-corrected chi connectivity index (χ1v) is 7.50. The lowest BCUT2D eigenvalue weighted by Gasteiger charge is -2.16. The number of benzene rings is 1. The zero-order valence-electron chi connectivity index (χ0n) is 13.5. The molecule has 9 heteroatoms. The predicted octanol–water partition coefficient (Wildman–Crippen LogP) is 4.61. The monoisotopic (exact) mass is 370 g/mol. The summed E-state index contributed by atoms with van der Waals surface area (Å²) in [5.74, 6) is -0.286. The van der Waals surface area contributed by atoms with Gasteiger partial charge < -0.3 is 5.32 Å². The molecule has 1 aromatic carbocycles. The third-order valence-corrected chi connectivity index (χ3v) is 3.66. The van der Waals surface area contributed by atoms with Gasteiger partial charge in [-0.1, -0.05) is 38.4 Å². The Hall–Kier alpha value is -2.53. The van der Waals surface area contributed by atoms with Crippen molar-refractivity contribution in [2.75, 3.05) is 5.32 Å². The van der Waals surface area contributed by atoms with E-state index in [-0.39, 0.29) is 33.6 Å². The third-order valence-electron chi connectivity index (χ3n) is 3.35. The van der Waals surface area contributed by atoms with Crippen LogP contribution in [0.5, 0.6) is 0 Å². The minimum atomic E-state index is -4.53.